The van der Waals surface area contributed by atoms with Crippen molar-refractivity contribution < 1.29 is 19.0 Å². The molecule has 49 heavy (non-hydrogen) atoms. The molecule has 6 aliphatic rings. The number of fused-ring (bicyclic) bond motifs is 4. The number of amides is 1. The smallest absolute Gasteiger partial charge is 0.410 e. The molecular formula is C39H58N6O4. The van der Waals surface area contributed by atoms with Crippen molar-refractivity contribution in [3.05, 3.63) is 36.9 Å². The minimum atomic E-state index is -0.475. The van der Waals surface area contributed by atoms with Crippen LogP contribution in [0.4, 0.5) is 16.2 Å². The number of aromatic nitrogens is 2. The zero-order valence-corrected chi connectivity index (χ0v) is 30.0. The number of pyridine rings is 2. The summed E-state index contributed by atoms with van der Waals surface area (Å²) in [6, 6.07) is 4.85. The van der Waals surface area contributed by atoms with Crippen LogP contribution in [-0.4, -0.2) is 91.1 Å². The Morgan fingerprint density at radius 1 is 0.755 bits per heavy atom. The molecule has 2 aromatic heterocycles. The first-order valence-corrected chi connectivity index (χ1v) is 19.1. The van der Waals surface area contributed by atoms with Crippen molar-refractivity contribution in [3.8, 4) is 11.5 Å². The van der Waals surface area contributed by atoms with Gasteiger partial charge in [0.15, 0.2) is 0 Å². The summed E-state index contributed by atoms with van der Waals surface area (Å²) in [5.74, 6) is 5.17. The fourth-order valence-corrected chi connectivity index (χ4v) is 9.01. The second kappa shape index (κ2) is 15.3. The molecule has 4 bridgehead atoms. The van der Waals surface area contributed by atoms with Gasteiger partial charge in [-0.3, -0.25) is 9.97 Å². The molecule has 268 valence electrons. The van der Waals surface area contributed by atoms with Gasteiger partial charge in [-0.1, -0.05) is 0 Å². The zero-order valence-electron chi connectivity index (χ0n) is 30.0. The van der Waals surface area contributed by atoms with Gasteiger partial charge in [0.2, 0.25) is 0 Å². The van der Waals surface area contributed by atoms with E-state index in [-0.39, 0.29) is 12.1 Å². The quantitative estimate of drug-likeness (QED) is 0.335. The van der Waals surface area contributed by atoms with Crippen molar-refractivity contribution >= 4 is 17.5 Å². The lowest BCUT2D eigenvalue weighted by Crippen LogP contribution is -2.42. The summed E-state index contributed by atoms with van der Waals surface area (Å²) in [5, 5.41) is 3.47. The second-order valence-electron chi connectivity index (χ2n) is 16.5. The number of carbonyl (C=O) groups is 1. The third-order valence-corrected chi connectivity index (χ3v) is 11.4. The second-order valence-corrected chi connectivity index (χ2v) is 16.5. The highest BCUT2D eigenvalue weighted by molar-refractivity contribution is 5.69. The Bertz CT molecular complexity index is 1370. The molecule has 0 spiro atoms. The summed E-state index contributed by atoms with van der Waals surface area (Å²) >= 11 is 0. The van der Waals surface area contributed by atoms with Gasteiger partial charge in [-0.05, 0) is 115 Å². The van der Waals surface area contributed by atoms with Crippen molar-refractivity contribution in [1.29, 1.82) is 0 Å². The van der Waals surface area contributed by atoms with Crippen molar-refractivity contribution in [2.24, 2.45) is 23.7 Å². The fourth-order valence-electron chi connectivity index (χ4n) is 9.01. The Hall–Kier alpha value is -3.27. The van der Waals surface area contributed by atoms with E-state index >= 15 is 0 Å². The van der Waals surface area contributed by atoms with E-state index < -0.39 is 5.60 Å². The molecule has 1 N–H and O–H groups in total. The highest BCUT2D eigenvalue weighted by atomic mass is 16.6. The van der Waals surface area contributed by atoms with Gasteiger partial charge >= 0.3 is 6.09 Å². The molecular weight excluding hydrogens is 616 g/mol. The van der Waals surface area contributed by atoms with Gasteiger partial charge in [0.1, 0.15) is 30.3 Å². The van der Waals surface area contributed by atoms with Crippen LogP contribution >= 0.6 is 0 Å². The Balaban J connectivity index is 0.000000160. The van der Waals surface area contributed by atoms with Crippen LogP contribution in [0, 0.1) is 23.7 Å². The summed E-state index contributed by atoms with van der Waals surface area (Å²) in [7, 11) is 0. The van der Waals surface area contributed by atoms with Crippen molar-refractivity contribution in [3.63, 3.8) is 0 Å². The maximum atomic E-state index is 12.4. The number of rotatable bonds is 8. The minimum Gasteiger partial charge on any atom is -0.490 e. The van der Waals surface area contributed by atoms with E-state index in [1.165, 1.54) is 70.1 Å². The van der Waals surface area contributed by atoms with Crippen molar-refractivity contribution in [1.82, 2.24) is 20.2 Å². The summed E-state index contributed by atoms with van der Waals surface area (Å²) in [6.45, 7) is 13.5. The third-order valence-electron chi connectivity index (χ3n) is 11.4. The van der Waals surface area contributed by atoms with Gasteiger partial charge < -0.3 is 34.2 Å². The molecule has 6 heterocycles. The fraction of sp³-hybridized carbons (Fsp3) is 0.718. The number of hydrogen-bond acceptors (Lipinski definition) is 9. The Labute approximate surface area is 293 Å². The largest absolute Gasteiger partial charge is 0.490 e. The van der Waals surface area contributed by atoms with Crippen molar-refractivity contribution in [2.75, 3.05) is 62.3 Å². The maximum absolute atomic E-state index is 12.4. The number of hydrogen-bond donors (Lipinski definition) is 1. The number of piperidine rings is 2. The van der Waals surface area contributed by atoms with Gasteiger partial charge in [-0.2, -0.15) is 0 Å². The standard InChI is InChI=1S/C22H33N3O3.C17H25N3O/c1-22(2,3)28-21(26)25-8-4-5-18(25)15-27-20-10-19(11-23-12-20)24-13-16-6-7-17(9-16)14-24;1-2-15(19-5-1)12-21-17-7-16(8-18-9-17)20-10-13-3-4-14(6-13)11-20/h10-12,16-18H,4-9,13-15H2,1-3H3;7-9,13-15,19H,1-6,10-12H2/t16?,17?,18-;13?,14?,15-/m00/s1. The number of nitrogens with zero attached hydrogens (tertiary/aromatic N) is 5. The van der Waals surface area contributed by atoms with Gasteiger partial charge in [-0.25, -0.2) is 4.79 Å². The SMILES string of the molecule is CC(C)(C)OC(=O)N1CCC[C@H]1COc1cncc(N2CC3CCC(C3)C2)c1.c1ncc(N2CC3CCC(C3)C2)cc1OC[C@@H]1CCCN1. The molecule has 8 rings (SSSR count). The average Bonchev–Trinajstić information content (AvgIpc) is 3.91. The molecule has 10 nitrogen and oxygen atoms in total. The van der Waals surface area contributed by atoms with Crippen molar-refractivity contribution in [2.45, 2.75) is 103 Å². The first-order valence-electron chi connectivity index (χ1n) is 19.1. The number of ether oxygens (including phenoxy) is 3. The lowest BCUT2D eigenvalue weighted by Gasteiger charge is -2.33. The molecule has 10 heteroatoms. The average molecular weight is 675 g/mol. The lowest BCUT2D eigenvalue weighted by atomic mass is 9.98. The first-order chi connectivity index (χ1) is 23.7. The molecule has 1 amide bonds. The Kier molecular flexibility index (Phi) is 10.7. The van der Waals surface area contributed by atoms with Crippen LogP contribution in [0.15, 0.2) is 36.9 Å². The predicted octanol–water partition coefficient (Wildman–Crippen LogP) is 6.54. The predicted molar refractivity (Wildman–Crippen MR) is 193 cm³/mol. The molecule has 2 saturated carbocycles. The highest BCUT2D eigenvalue weighted by Gasteiger charge is 2.35. The van der Waals surface area contributed by atoms with Crippen LogP contribution in [0.2, 0.25) is 0 Å². The Morgan fingerprint density at radius 3 is 1.82 bits per heavy atom. The number of nitrogens with one attached hydrogen (secondary N) is 1. The lowest BCUT2D eigenvalue weighted by molar-refractivity contribution is 0.0187. The van der Waals surface area contributed by atoms with Gasteiger partial charge in [0.05, 0.1) is 42.2 Å². The Morgan fingerprint density at radius 2 is 1.31 bits per heavy atom. The summed E-state index contributed by atoms with van der Waals surface area (Å²) < 4.78 is 17.5. The first kappa shape index (κ1) is 34.2. The highest BCUT2D eigenvalue weighted by Crippen LogP contribution is 2.39. The van der Waals surface area contributed by atoms with Gasteiger partial charge in [0.25, 0.3) is 0 Å². The van der Waals surface area contributed by atoms with Gasteiger partial charge in [-0.15, -0.1) is 0 Å². The van der Waals surface area contributed by atoms with E-state index in [1.54, 1.807) is 6.20 Å². The molecule has 4 unspecified atom stereocenters. The molecule has 4 saturated heterocycles. The molecule has 0 aromatic carbocycles. The van der Waals surface area contributed by atoms with E-state index in [0.717, 1.165) is 86.5 Å². The summed E-state index contributed by atoms with van der Waals surface area (Å²) in [5.41, 5.74) is 1.92. The van der Waals surface area contributed by atoms with E-state index in [1.807, 2.05) is 44.3 Å². The minimum absolute atomic E-state index is 0.0596. The molecule has 0 radical (unpaired) electrons. The van der Waals surface area contributed by atoms with Crippen LogP contribution in [-0.2, 0) is 4.74 Å². The normalized spacial score (nSPS) is 29.1. The molecule has 2 aliphatic carbocycles. The van der Waals surface area contributed by atoms with Crippen LogP contribution in [0.25, 0.3) is 0 Å². The summed E-state index contributed by atoms with van der Waals surface area (Å²) in [6.07, 6.45) is 20.1. The molecule has 6 fully saturated rings. The van der Waals surface area contributed by atoms with Crippen LogP contribution in [0.5, 0.6) is 11.5 Å². The number of carbonyl (C=O) groups excluding carboxylic acids is 1. The van der Waals surface area contributed by atoms with E-state index in [9.17, 15) is 4.79 Å². The van der Waals surface area contributed by atoms with Crippen LogP contribution in [0.3, 0.4) is 0 Å². The zero-order chi connectivity index (χ0) is 33.8. The van der Waals surface area contributed by atoms with E-state index in [2.05, 4.69) is 37.2 Å². The molecule has 6 atom stereocenters. The van der Waals surface area contributed by atoms with Crippen LogP contribution in [0.1, 0.15) is 85.0 Å². The molecule has 2 aromatic rings. The molecule has 4 aliphatic heterocycles. The van der Waals surface area contributed by atoms with Gasteiger partial charge in [0, 0.05) is 50.9 Å². The van der Waals surface area contributed by atoms with E-state index in [4.69, 9.17) is 14.2 Å². The number of likely N-dealkylation sites (tertiary alicyclic amines) is 1. The topological polar surface area (TPSA) is 92.3 Å². The number of anilines is 2. The van der Waals surface area contributed by atoms with Crippen LogP contribution < -0.4 is 24.6 Å². The van der Waals surface area contributed by atoms with E-state index in [0.29, 0.717) is 12.6 Å². The maximum Gasteiger partial charge on any atom is 0.410 e. The third kappa shape index (κ3) is 9.10. The summed E-state index contributed by atoms with van der Waals surface area (Å²) in [4.78, 5) is 28.0. The monoisotopic (exact) mass is 674 g/mol.